The van der Waals surface area contributed by atoms with E-state index in [0.717, 1.165) is 0 Å². The van der Waals surface area contributed by atoms with Crippen LogP contribution in [-0.2, 0) is 29.2 Å². The first kappa shape index (κ1) is 40.1. The third-order valence-corrected chi connectivity index (χ3v) is 12.0. The quantitative estimate of drug-likeness (QED) is 0.0352. The Morgan fingerprint density at radius 3 is 1.27 bits per heavy atom. The topological polar surface area (TPSA) is 118 Å². The van der Waals surface area contributed by atoms with Gasteiger partial charge in [-0.1, -0.05) is 18.2 Å². The molecular formula is C36H36F5O9S2+. The van der Waals surface area contributed by atoms with Crippen molar-refractivity contribution in [2.45, 2.75) is 72.3 Å². The van der Waals surface area contributed by atoms with Crippen molar-refractivity contribution in [2.24, 2.45) is 0 Å². The second-order valence-corrected chi connectivity index (χ2v) is 17.6. The number of hydrogen-bond donors (Lipinski definition) is 0. The Labute approximate surface area is 299 Å². The highest BCUT2D eigenvalue weighted by molar-refractivity contribution is 8.32. The van der Waals surface area contributed by atoms with Crippen molar-refractivity contribution >= 4 is 32.4 Å². The van der Waals surface area contributed by atoms with Crippen molar-refractivity contribution in [2.75, 3.05) is 13.2 Å². The van der Waals surface area contributed by atoms with Crippen LogP contribution in [0.1, 0.15) is 41.5 Å². The zero-order valence-electron chi connectivity index (χ0n) is 28.8. The molecule has 0 aliphatic heterocycles. The van der Waals surface area contributed by atoms with Gasteiger partial charge in [-0.3, -0.25) is 3.63 Å². The highest BCUT2D eigenvalue weighted by atomic mass is 32.3. The van der Waals surface area contributed by atoms with Gasteiger partial charge >= 0.3 is 22.1 Å². The highest BCUT2D eigenvalue weighted by Gasteiger charge is 2.47. The van der Waals surface area contributed by atoms with Gasteiger partial charge in [-0.2, -0.15) is 0 Å². The average molecular weight is 772 g/mol. The van der Waals surface area contributed by atoms with Crippen LogP contribution in [-0.4, -0.2) is 48.4 Å². The molecule has 0 amide bonds. The Kier molecular flexibility index (Phi) is 12.0. The van der Waals surface area contributed by atoms with Crippen LogP contribution in [0.3, 0.4) is 0 Å². The lowest BCUT2D eigenvalue weighted by molar-refractivity contribution is -0.158. The van der Waals surface area contributed by atoms with Gasteiger partial charge in [0.25, 0.3) is 0 Å². The molecule has 4 aromatic carbocycles. The zero-order chi connectivity index (χ0) is 38.6. The molecular weight excluding hydrogens is 736 g/mol. The summed E-state index contributed by atoms with van der Waals surface area (Å²) in [7, 11) is -9.28. The van der Waals surface area contributed by atoms with Crippen LogP contribution in [0.25, 0.3) is 0 Å². The van der Waals surface area contributed by atoms with E-state index in [-0.39, 0.29) is 26.2 Å². The molecule has 0 aliphatic carbocycles. The molecule has 0 aliphatic rings. The summed E-state index contributed by atoms with van der Waals surface area (Å²) < 4.78 is 126. The molecule has 0 spiro atoms. The summed E-state index contributed by atoms with van der Waals surface area (Å²) in [6.45, 7) is 9.11. The van der Waals surface area contributed by atoms with Crippen molar-refractivity contribution < 1.29 is 62.5 Å². The first-order valence-corrected chi connectivity index (χ1v) is 18.5. The van der Waals surface area contributed by atoms with E-state index in [1.165, 1.54) is 72.8 Å². The monoisotopic (exact) mass is 771 g/mol. The van der Waals surface area contributed by atoms with E-state index < -0.39 is 90.8 Å². The lowest BCUT2D eigenvalue weighted by Crippen LogP contribution is -2.27. The van der Waals surface area contributed by atoms with E-state index in [2.05, 4.69) is 3.63 Å². The van der Waals surface area contributed by atoms with Gasteiger partial charge < -0.3 is 18.9 Å². The van der Waals surface area contributed by atoms with Crippen molar-refractivity contribution in [3.63, 3.8) is 0 Å². The standard InChI is InChI=1S/C36H35F5O9S2/c1-35(2,3)48-27(42)20-46-22-12-16-25(17-13-22)51(24-10-8-7-9-11-24,26-18-14-23(15-19-26)47-21-28(43)49-36(4,5)6)50-52(44,45)34-32(40)30(38)29(37)31(39)33(34)41/h7-19H,20-21H2,1-6H3/p+1. The van der Waals surface area contributed by atoms with E-state index in [4.69, 9.17) is 18.9 Å². The molecule has 0 heterocycles. The third-order valence-electron chi connectivity index (χ3n) is 6.60. The van der Waals surface area contributed by atoms with E-state index in [1.807, 2.05) is 0 Å². The zero-order valence-corrected chi connectivity index (χ0v) is 30.5. The van der Waals surface area contributed by atoms with Gasteiger partial charge in [-0.15, -0.1) is 8.42 Å². The number of esters is 2. The Balaban J connectivity index is 1.87. The molecule has 0 bridgehead atoms. The summed E-state index contributed by atoms with van der Waals surface area (Å²) in [6, 6.07) is 18.7. The van der Waals surface area contributed by atoms with E-state index in [1.54, 1.807) is 47.6 Å². The summed E-state index contributed by atoms with van der Waals surface area (Å²) in [5.41, 5.74) is -1.55. The van der Waals surface area contributed by atoms with Crippen LogP contribution >= 0.6 is 10.3 Å². The molecule has 0 fully saturated rings. The van der Waals surface area contributed by atoms with E-state index in [9.17, 15) is 31.2 Å². The summed E-state index contributed by atoms with van der Waals surface area (Å²) in [5.74, 6) is -13.7. The number of hydrogen-bond acceptors (Lipinski definition) is 8. The van der Waals surface area contributed by atoms with Crippen LogP contribution in [0.2, 0.25) is 0 Å². The van der Waals surface area contributed by atoms with Crippen molar-refractivity contribution in [3.05, 3.63) is 108 Å². The van der Waals surface area contributed by atoms with Crippen molar-refractivity contribution in [1.82, 2.24) is 0 Å². The predicted octanol–water partition coefficient (Wildman–Crippen LogP) is 8.50. The minimum atomic E-state index is -5.70. The average Bonchev–Trinajstić information content (AvgIpc) is 3.06. The molecule has 4 rings (SSSR count). The molecule has 0 unspecified atom stereocenters. The Hall–Kier alpha value is -4.67. The van der Waals surface area contributed by atoms with Crippen LogP contribution in [0, 0.1) is 29.1 Å². The number of ether oxygens (including phenoxy) is 4. The van der Waals surface area contributed by atoms with Gasteiger partial charge in [0.15, 0.2) is 36.5 Å². The van der Waals surface area contributed by atoms with E-state index in [0.29, 0.717) is 0 Å². The molecule has 0 saturated heterocycles. The summed E-state index contributed by atoms with van der Waals surface area (Å²) in [5, 5.41) is 0. The minimum Gasteiger partial charge on any atom is -0.482 e. The molecule has 1 N–H and O–H groups in total. The van der Waals surface area contributed by atoms with E-state index >= 15 is 8.78 Å². The maximum Gasteiger partial charge on any atom is 0.428 e. The Morgan fingerprint density at radius 2 is 0.904 bits per heavy atom. The van der Waals surface area contributed by atoms with Gasteiger partial charge in [0, 0.05) is 0 Å². The molecule has 0 saturated carbocycles. The number of carbonyl (C=O) groups is 2. The maximum absolute atomic E-state index is 15.0. The summed E-state index contributed by atoms with van der Waals surface area (Å²) in [6.07, 6.45) is 0. The largest absolute Gasteiger partial charge is 0.482 e. The number of benzene rings is 4. The minimum absolute atomic E-state index is 0.109. The lowest BCUT2D eigenvalue weighted by Gasteiger charge is -2.35. The van der Waals surface area contributed by atoms with Crippen molar-refractivity contribution in [1.29, 1.82) is 0 Å². The van der Waals surface area contributed by atoms with Gasteiger partial charge in [-0.25, -0.2) is 31.5 Å². The highest BCUT2D eigenvalue weighted by Crippen LogP contribution is 2.69. The van der Waals surface area contributed by atoms with Crippen LogP contribution in [0.15, 0.2) is 98.4 Å². The fraction of sp³-hybridized carbons (Fsp3) is 0.278. The first-order valence-electron chi connectivity index (χ1n) is 15.4. The Bertz CT molecular complexity index is 1920. The number of halogens is 5. The molecule has 0 radical (unpaired) electrons. The predicted molar refractivity (Wildman–Crippen MR) is 180 cm³/mol. The summed E-state index contributed by atoms with van der Waals surface area (Å²) >= 11 is 0. The van der Waals surface area contributed by atoms with Crippen LogP contribution in [0.5, 0.6) is 11.5 Å². The SMILES string of the molecule is CC(C)(C)OC(=O)COc1ccc(S([OH+]S(=O)(=O)c2c(F)c(F)c(F)c(F)c2F)(c2ccccc2)c2ccc(OCC(=O)OC(C)(C)C)cc2)cc1. The molecule has 9 nitrogen and oxygen atoms in total. The molecule has 52 heavy (non-hydrogen) atoms. The fourth-order valence-corrected chi connectivity index (χ4v) is 10.2. The molecule has 0 aromatic heterocycles. The number of rotatable bonds is 12. The second-order valence-electron chi connectivity index (χ2n) is 13.0. The van der Waals surface area contributed by atoms with Gasteiger partial charge in [0.1, 0.15) is 22.7 Å². The summed E-state index contributed by atoms with van der Waals surface area (Å²) in [4.78, 5) is 22.7. The Morgan fingerprint density at radius 1 is 0.558 bits per heavy atom. The normalized spacial score (nSPS) is 12.6. The van der Waals surface area contributed by atoms with Crippen LogP contribution in [0.4, 0.5) is 22.0 Å². The van der Waals surface area contributed by atoms with Gasteiger partial charge in [0.05, 0.1) is 25.0 Å². The first-order chi connectivity index (χ1) is 24.1. The maximum atomic E-state index is 15.0. The smallest absolute Gasteiger partial charge is 0.428 e. The fourth-order valence-electron chi connectivity index (χ4n) is 4.64. The lowest BCUT2D eigenvalue weighted by atomic mass is 10.2. The second kappa shape index (κ2) is 15.5. The molecule has 16 heteroatoms. The van der Waals surface area contributed by atoms with Crippen LogP contribution < -0.4 is 9.47 Å². The third kappa shape index (κ3) is 9.40. The molecule has 280 valence electrons. The van der Waals surface area contributed by atoms with Crippen molar-refractivity contribution in [3.8, 4) is 11.5 Å². The number of carbonyl (C=O) groups excluding carboxylic acids is 2. The van der Waals surface area contributed by atoms with Gasteiger partial charge in [-0.05, 0) is 102 Å². The van der Waals surface area contributed by atoms with Gasteiger partial charge in [0.2, 0.25) is 10.7 Å². The molecule has 0 atom stereocenters. The molecule has 4 aromatic rings.